The number of hydrogen-bond acceptors (Lipinski definition) is 3. The van der Waals surface area contributed by atoms with E-state index in [4.69, 9.17) is 16.3 Å². The maximum atomic E-state index is 6.03. The highest BCUT2D eigenvalue weighted by atomic mass is 35.5. The van der Waals surface area contributed by atoms with E-state index in [1.807, 2.05) is 54.7 Å². The van der Waals surface area contributed by atoms with Crippen LogP contribution in [0.5, 0.6) is 5.75 Å². The lowest BCUT2D eigenvalue weighted by molar-refractivity contribution is 0.414. The van der Waals surface area contributed by atoms with Crippen molar-refractivity contribution in [1.29, 1.82) is 0 Å². The number of hydrogen-bond donors (Lipinski definition) is 2. The van der Waals surface area contributed by atoms with E-state index in [1.54, 1.807) is 7.11 Å². The largest absolute Gasteiger partial charge is 0.497 e. The van der Waals surface area contributed by atoms with E-state index in [1.165, 1.54) is 0 Å². The quantitative estimate of drug-likeness (QED) is 0.905. The third kappa shape index (κ3) is 2.58. The van der Waals surface area contributed by atoms with Crippen molar-refractivity contribution < 1.29 is 4.74 Å². The summed E-state index contributed by atoms with van der Waals surface area (Å²) in [6.07, 6.45) is 2.01. The van der Waals surface area contributed by atoms with Crippen molar-refractivity contribution in [3.8, 4) is 5.75 Å². The van der Waals surface area contributed by atoms with Gasteiger partial charge in [0.05, 0.1) is 12.8 Å². The minimum Gasteiger partial charge on any atom is -0.497 e. The van der Waals surface area contributed by atoms with Gasteiger partial charge >= 0.3 is 0 Å². The molecule has 0 radical (unpaired) electrons. The lowest BCUT2D eigenvalue weighted by atomic mass is 10.1. The van der Waals surface area contributed by atoms with Gasteiger partial charge < -0.3 is 15.4 Å². The molecule has 0 aliphatic carbocycles. The van der Waals surface area contributed by atoms with Crippen molar-refractivity contribution in [3.63, 3.8) is 0 Å². The lowest BCUT2D eigenvalue weighted by Gasteiger charge is -2.15. The van der Waals surface area contributed by atoms with Gasteiger partial charge in [0.1, 0.15) is 11.9 Å². The van der Waals surface area contributed by atoms with Crippen LogP contribution in [0.25, 0.3) is 5.70 Å². The van der Waals surface area contributed by atoms with Gasteiger partial charge in [0.15, 0.2) is 0 Å². The van der Waals surface area contributed by atoms with Gasteiger partial charge in [0.25, 0.3) is 0 Å². The van der Waals surface area contributed by atoms with Crippen LogP contribution in [0, 0.1) is 0 Å². The highest BCUT2D eigenvalue weighted by Gasteiger charge is 2.18. The molecule has 1 aliphatic rings. The molecule has 2 aromatic rings. The molecule has 1 unspecified atom stereocenters. The van der Waals surface area contributed by atoms with E-state index in [9.17, 15) is 0 Å². The highest BCUT2D eigenvalue weighted by Crippen LogP contribution is 2.25. The summed E-state index contributed by atoms with van der Waals surface area (Å²) in [6, 6.07) is 15.8. The zero-order chi connectivity index (χ0) is 13.9. The van der Waals surface area contributed by atoms with E-state index < -0.39 is 0 Å². The summed E-state index contributed by atoms with van der Waals surface area (Å²) in [5.74, 6) is 0.844. The molecule has 1 atom stereocenters. The van der Waals surface area contributed by atoms with Crippen LogP contribution < -0.4 is 15.4 Å². The Balaban J connectivity index is 1.79. The summed E-state index contributed by atoms with van der Waals surface area (Å²) in [5, 5.41) is 7.49. The zero-order valence-corrected chi connectivity index (χ0v) is 11.8. The Labute approximate surface area is 123 Å². The molecule has 2 N–H and O–H groups in total. The monoisotopic (exact) mass is 286 g/mol. The van der Waals surface area contributed by atoms with Gasteiger partial charge in [-0.05, 0) is 29.8 Å². The van der Waals surface area contributed by atoms with Crippen LogP contribution in [0.4, 0.5) is 0 Å². The molecule has 1 heterocycles. The SMILES string of the molecule is COc1cccc(C2=CNC(c3cccc(Cl)c3)N2)c1. The van der Waals surface area contributed by atoms with Crippen molar-refractivity contribution in [1.82, 2.24) is 10.6 Å². The molecule has 102 valence electrons. The fourth-order valence-electron chi connectivity index (χ4n) is 2.23. The third-order valence-electron chi connectivity index (χ3n) is 3.26. The topological polar surface area (TPSA) is 33.3 Å². The molecular formula is C16H15ClN2O. The molecule has 20 heavy (non-hydrogen) atoms. The first-order valence-corrected chi connectivity index (χ1v) is 6.77. The highest BCUT2D eigenvalue weighted by molar-refractivity contribution is 6.30. The normalized spacial score (nSPS) is 17.1. The number of rotatable bonds is 3. The Morgan fingerprint density at radius 1 is 1.10 bits per heavy atom. The lowest BCUT2D eigenvalue weighted by Crippen LogP contribution is -2.22. The molecule has 0 amide bonds. The fourth-order valence-corrected chi connectivity index (χ4v) is 2.43. The first-order chi connectivity index (χ1) is 9.76. The Bertz CT molecular complexity index is 654. The number of ether oxygens (including phenoxy) is 1. The van der Waals surface area contributed by atoms with Crippen molar-refractivity contribution in [3.05, 3.63) is 70.9 Å². The molecule has 0 aromatic heterocycles. The molecule has 2 aromatic carbocycles. The van der Waals surface area contributed by atoms with Crippen LogP contribution in [-0.4, -0.2) is 7.11 Å². The summed E-state index contributed by atoms with van der Waals surface area (Å²) in [5.41, 5.74) is 3.22. The Morgan fingerprint density at radius 2 is 1.95 bits per heavy atom. The number of methoxy groups -OCH3 is 1. The number of nitrogens with one attached hydrogen (secondary N) is 2. The van der Waals surface area contributed by atoms with Crippen LogP contribution in [0.2, 0.25) is 5.02 Å². The summed E-state index contributed by atoms with van der Waals surface area (Å²) < 4.78 is 5.25. The van der Waals surface area contributed by atoms with Gasteiger partial charge in [-0.3, -0.25) is 0 Å². The summed E-state index contributed by atoms with van der Waals surface area (Å²) >= 11 is 6.03. The molecule has 0 bridgehead atoms. The smallest absolute Gasteiger partial charge is 0.123 e. The maximum Gasteiger partial charge on any atom is 0.123 e. The minimum absolute atomic E-state index is 0.0369. The van der Waals surface area contributed by atoms with Crippen molar-refractivity contribution in [2.75, 3.05) is 7.11 Å². The maximum absolute atomic E-state index is 6.03. The van der Waals surface area contributed by atoms with Gasteiger partial charge in [-0.25, -0.2) is 0 Å². The van der Waals surface area contributed by atoms with E-state index in [0.29, 0.717) is 0 Å². The van der Waals surface area contributed by atoms with Gasteiger partial charge in [0.2, 0.25) is 0 Å². The van der Waals surface area contributed by atoms with Crippen molar-refractivity contribution in [2.45, 2.75) is 6.17 Å². The van der Waals surface area contributed by atoms with Gasteiger partial charge in [-0.1, -0.05) is 35.9 Å². The molecular weight excluding hydrogens is 272 g/mol. The van der Waals surface area contributed by atoms with E-state index in [2.05, 4.69) is 10.6 Å². The molecule has 3 rings (SSSR count). The van der Waals surface area contributed by atoms with Gasteiger partial charge in [-0.2, -0.15) is 0 Å². The van der Waals surface area contributed by atoms with Crippen LogP contribution in [0.3, 0.4) is 0 Å². The average molecular weight is 287 g/mol. The fraction of sp³-hybridized carbons (Fsp3) is 0.125. The first-order valence-electron chi connectivity index (χ1n) is 6.39. The predicted octanol–water partition coefficient (Wildman–Crippen LogP) is 3.54. The van der Waals surface area contributed by atoms with Crippen molar-refractivity contribution >= 4 is 17.3 Å². The van der Waals surface area contributed by atoms with E-state index >= 15 is 0 Å². The molecule has 0 saturated heterocycles. The number of benzene rings is 2. The van der Waals surface area contributed by atoms with Crippen LogP contribution >= 0.6 is 11.6 Å². The van der Waals surface area contributed by atoms with Crippen LogP contribution in [-0.2, 0) is 0 Å². The summed E-state index contributed by atoms with van der Waals surface area (Å²) in [7, 11) is 1.67. The first kappa shape index (κ1) is 12.9. The molecule has 0 saturated carbocycles. The average Bonchev–Trinajstić information content (AvgIpc) is 2.97. The Morgan fingerprint density at radius 3 is 2.75 bits per heavy atom. The molecule has 3 nitrogen and oxygen atoms in total. The van der Waals surface area contributed by atoms with E-state index in [-0.39, 0.29) is 6.17 Å². The zero-order valence-electron chi connectivity index (χ0n) is 11.1. The standard InChI is InChI=1S/C16H15ClN2O/c1-20-14-7-3-4-11(9-14)15-10-18-16(19-15)12-5-2-6-13(17)8-12/h2-10,16,18-19H,1H3. The predicted molar refractivity (Wildman–Crippen MR) is 81.4 cm³/mol. The van der Waals surface area contributed by atoms with Crippen LogP contribution in [0.1, 0.15) is 17.3 Å². The number of halogens is 1. The van der Waals surface area contributed by atoms with Gasteiger partial charge in [0, 0.05) is 16.8 Å². The second-order valence-corrected chi connectivity index (χ2v) is 5.03. The second kappa shape index (κ2) is 5.47. The molecule has 4 heteroatoms. The molecule has 1 aliphatic heterocycles. The van der Waals surface area contributed by atoms with Crippen molar-refractivity contribution in [2.24, 2.45) is 0 Å². The van der Waals surface area contributed by atoms with Crippen LogP contribution in [0.15, 0.2) is 54.7 Å². The van der Waals surface area contributed by atoms with E-state index in [0.717, 1.165) is 27.6 Å². The Hall–Kier alpha value is -2.13. The summed E-state index contributed by atoms with van der Waals surface area (Å²) in [6.45, 7) is 0. The Kier molecular flexibility index (Phi) is 3.52. The second-order valence-electron chi connectivity index (χ2n) is 4.59. The minimum atomic E-state index is 0.0369. The molecule has 0 spiro atoms. The molecule has 0 fully saturated rings. The van der Waals surface area contributed by atoms with Gasteiger partial charge in [-0.15, -0.1) is 0 Å². The third-order valence-corrected chi connectivity index (χ3v) is 3.49. The summed E-state index contributed by atoms with van der Waals surface area (Å²) in [4.78, 5) is 0.